The van der Waals surface area contributed by atoms with E-state index in [1.54, 1.807) is 0 Å². The van der Waals surface area contributed by atoms with Crippen molar-refractivity contribution in [1.29, 1.82) is 0 Å². The van der Waals surface area contributed by atoms with Gasteiger partial charge in [0.15, 0.2) is 0 Å². The van der Waals surface area contributed by atoms with Crippen LogP contribution in [-0.4, -0.2) is 13.1 Å². The Labute approximate surface area is 303 Å². The Balaban J connectivity index is 1.67. The van der Waals surface area contributed by atoms with Crippen molar-refractivity contribution < 1.29 is 34.2 Å². The fourth-order valence-corrected chi connectivity index (χ4v) is 16.4. The topological polar surface area (TPSA) is 6.48 Å². The summed E-state index contributed by atoms with van der Waals surface area (Å²) in [5, 5.41) is 0. The molecular formula is C44H46F4N2Ti. The van der Waals surface area contributed by atoms with Crippen molar-refractivity contribution in [2.75, 3.05) is 22.9 Å². The van der Waals surface area contributed by atoms with Crippen LogP contribution in [0.1, 0.15) is 50.7 Å². The van der Waals surface area contributed by atoms with Crippen LogP contribution in [0.5, 0.6) is 0 Å². The van der Waals surface area contributed by atoms with Gasteiger partial charge in [0.1, 0.15) is 0 Å². The van der Waals surface area contributed by atoms with Gasteiger partial charge in [-0.15, -0.1) is 0 Å². The number of unbranched alkanes of at least 4 members (excludes halogenated alkanes) is 2. The van der Waals surface area contributed by atoms with Gasteiger partial charge in [-0.25, -0.2) is 0 Å². The van der Waals surface area contributed by atoms with E-state index in [0.29, 0.717) is 13.1 Å². The summed E-state index contributed by atoms with van der Waals surface area (Å²) in [4.78, 5) is 3.75. The first-order chi connectivity index (χ1) is 24.7. The molecule has 4 aromatic rings. The molecule has 264 valence electrons. The van der Waals surface area contributed by atoms with Crippen LogP contribution < -0.4 is 17.5 Å². The molecule has 0 fully saturated rings. The second kappa shape index (κ2) is 16.0. The number of nitrogens with zero attached hydrogens (tertiary/aromatic N) is 2. The molecule has 2 nitrogen and oxygen atoms in total. The molecule has 2 aliphatic rings. The maximum absolute atomic E-state index is 17.9. The minimum atomic E-state index is -5.01. The van der Waals surface area contributed by atoms with Gasteiger partial charge in [-0.05, 0) is 0 Å². The third-order valence-electron chi connectivity index (χ3n) is 10.3. The number of allylic oxidation sites excluding steroid dienone is 8. The van der Waals surface area contributed by atoms with E-state index in [9.17, 15) is 0 Å². The molecule has 0 heterocycles. The van der Waals surface area contributed by atoms with Crippen molar-refractivity contribution in [3.63, 3.8) is 0 Å². The van der Waals surface area contributed by atoms with E-state index in [2.05, 4.69) is 13.8 Å². The SMILES string of the molecule is CCCCN(c1ccc(C)cc1)c1ccc(F)[c]([Ti]([c]2c(F)ccc(N(CCCC)c3ccc(C)cc3)c2F)([CH]2C=CC=C2)[CH]2C=CC=C2)c1F. The van der Waals surface area contributed by atoms with Gasteiger partial charge in [-0.1, -0.05) is 0 Å². The summed E-state index contributed by atoms with van der Waals surface area (Å²) in [5.41, 5.74) is 4.08. The van der Waals surface area contributed by atoms with Crippen LogP contribution in [0.4, 0.5) is 40.3 Å². The van der Waals surface area contributed by atoms with Crippen molar-refractivity contribution in [3.8, 4) is 0 Å². The summed E-state index contributed by atoms with van der Waals surface area (Å²) in [6.07, 6.45) is 18.1. The predicted octanol–water partition coefficient (Wildman–Crippen LogP) is 11.7. The van der Waals surface area contributed by atoms with Crippen LogP contribution in [0.25, 0.3) is 0 Å². The van der Waals surface area contributed by atoms with E-state index in [0.717, 1.165) is 48.2 Å². The van der Waals surface area contributed by atoms with Crippen LogP contribution in [0, 0.1) is 37.1 Å². The first-order valence-corrected chi connectivity index (χ1v) is 21.4. The van der Waals surface area contributed by atoms with Gasteiger partial charge in [0.25, 0.3) is 0 Å². The van der Waals surface area contributed by atoms with E-state index < -0.39 is 48.3 Å². The van der Waals surface area contributed by atoms with Crippen molar-refractivity contribution in [3.05, 3.63) is 156 Å². The van der Waals surface area contributed by atoms with Gasteiger partial charge in [0.05, 0.1) is 0 Å². The first-order valence-electron chi connectivity index (χ1n) is 18.1. The number of halogens is 4. The molecule has 2 aliphatic carbocycles. The maximum atomic E-state index is 17.9. The van der Waals surface area contributed by atoms with Crippen molar-refractivity contribution in [2.45, 2.75) is 61.8 Å². The van der Waals surface area contributed by atoms with E-state index in [1.165, 1.54) is 24.3 Å². The van der Waals surface area contributed by atoms with Crippen LogP contribution in [-0.2, 0) is 16.6 Å². The molecule has 0 aliphatic heterocycles. The van der Waals surface area contributed by atoms with Crippen LogP contribution in [0.15, 0.2) is 121 Å². The molecule has 6 rings (SSSR count). The molecule has 0 radical (unpaired) electrons. The zero-order valence-electron chi connectivity index (χ0n) is 29.9. The Morgan fingerprint density at radius 1 is 0.510 bits per heavy atom. The third-order valence-corrected chi connectivity index (χ3v) is 18.8. The van der Waals surface area contributed by atoms with Crippen molar-refractivity contribution in [1.82, 2.24) is 0 Å². The molecule has 0 saturated heterocycles. The van der Waals surface area contributed by atoms with Crippen LogP contribution in [0.2, 0.25) is 8.45 Å². The molecule has 0 unspecified atom stereocenters. The van der Waals surface area contributed by atoms with Crippen molar-refractivity contribution >= 4 is 30.5 Å². The Kier molecular flexibility index (Phi) is 11.5. The molecule has 7 heteroatoms. The normalized spacial score (nSPS) is 14.3. The molecule has 0 spiro atoms. The summed E-state index contributed by atoms with van der Waals surface area (Å²) in [6.45, 7) is 9.10. The molecule has 0 N–H and O–H groups in total. The fourth-order valence-electron chi connectivity index (χ4n) is 7.60. The van der Waals surface area contributed by atoms with Gasteiger partial charge in [-0.3, -0.25) is 0 Å². The molecule has 51 heavy (non-hydrogen) atoms. The second-order valence-electron chi connectivity index (χ2n) is 13.7. The Morgan fingerprint density at radius 2 is 0.863 bits per heavy atom. The number of rotatable bonds is 14. The zero-order valence-corrected chi connectivity index (χ0v) is 31.4. The van der Waals surface area contributed by atoms with E-state index in [-0.39, 0.29) is 19.1 Å². The minimum absolute atomic E-state index is 0.172. The molecule has 0 bridgehead atoms. The summed E-state index contributed by atoms with van der Waals surface area (Å²) < 4.78 is 68.0. The van der Waals surface area contributed by atoms with E-state index in [1.807, 2.05) is 121 Å². The van der Waals surface area contributed by atoms with E-state index >= 15 is 17.6 Å². The van der Waals surface area contributed by atoms with Gasteiger partial charge in [0.2, 0.25) is 0 Å². The van der Waals surface area contributed by atoms with Crippen molar-refractivity contribution in [2.24, 2.45) is 0 Å². The Morgan fingerprint density at radius 3 is 1.20 bits per heavy atom. The molecule has 0 aromatic heterocycles. The number of anilines is 4. The Hall–Kier alpha value is -4.13. The van der Waals surface area contributed by atoms with E-state index in [4.69, 9.17) is 0 Å². The number of benzene rings is 4. The summed E-state index contributed by atoms with van der Waals surface area (Å²) in [6, 6.07) is 21.2. The number of aryl methyl sites for hydroxylation is 2. The Bertz CT molecular complexity index is 1800. The number of hydrogen-bond donors (Lipinski definition) is 0. The summed E-state index contributed by atoms with van der Waals surface area (Å²) in [5.74, 6) is -3.05. The zero-order chi connectivity index (χ0) is 36.1. The van der Waals surface area contributed by atoms with Gasteiger partial charge in [0, 0.05) is 0 Å². The van der Waals surface area contributed by atoms with Crippen LogP contribution in [0.3, 0.4) is 0 Å². The fraction of sp³-hybridized carbons (Fsp3) is 0.273. The predicted molar refractivity (Wildman–Crippen MR) is 202 cm³/mol. The van der Waals surface area contributed by atoms with Crippen LogP contribution >= 0.6 is 0 Å². The average molecular weight is 727 g/mol. The number of hydrogen-bond acceptors (Lipinski definition) is 2. The first kappa shape index (κ1) is 36.7. The molecular weight excluding hydrogens is 680 g/mol. The second-order valence-corrected chi connectivity index (χ2v) is 20.0. The average Bonchev–Trinajstić information content (AvgIpc) is 3.87. The molecule has 0 saturated carbocycles. The molecule has 0 atom stereocenters. The summed E-state index contributed by atoms with van der Waals surface area (Å²) >= 11 is -5.01. The molecule has 0 amide bonds. The van der Waals surface area contributed by atoms with Gasteiger partial charge >= 0.3 is 305 Å². The van der Waals surface area contributed by atoms with Gasteiger partial charge in [-0.2, -0.15) is 0 Å². The van der Waals surface area contributed by atoms with Gasteiger partial charge < -0.3 is 0 Å². The molecule has 4 aromatic carbocycles. The quantitative estimate of drug-likeness (QED) is 0.0943. The standard InChI is InChI=1S/2C17H18F2N.2C5H5.Ti/c2*1-3-4-11-20(15-8-5-13(2)6-9-15)17-10-7-14(18)12-16(17)19;2*1-2-4-5-3-1;/h2*5-10H,3-4,11H2,1-2H3;2*1-5H;. The summed E-state index contributed by atoms with van der Waals surface area (Å²) in [7, 11) is 0. The monoisotopic (exact) mass is 726 g/mol. The third kappa shape index (κ3) is 7.06.